The van der Waals surface area contributed by atoms with Crippen molar-refractivity contribution in [2.75, 3.05) is 0 Å². The highest BCUT2D eigenvalue weighted by Crippen LogP contribution is 2.24. The number of aromatic nitrogens is 3. The first-order valence-corrected chi connectivity index (χ1v) is 10.2. The third-order valence-corrected chi connectivity index (χ3v) is 5.85. The molecule has 0 bridgehead atoms. The predicted molar refractivity (Wildman–Crippen MR) is 112 cm³/mol. The molecule has 3 heterocycles. The number of rotatable bonds is 5. The van der Waals surface area contributed by atoms with E-state index >= 15 is 0 Å². The predicted octanol–water partition coefficient (Wildman–Crippen LogP) is 3.60. The number of nitrogens with zero attached hydrogens (tertiary/aromatic N) is 3. The van der Waals surface area contributed by atoms with Crippen LogP contribution in [0.25, 0.3) is 15.7 Å². The lowest BCUT2D eigenvalue weighted by Crippen LogP contribution is -2.39. The Hall–Kier alpha value is -2.93. The summed E-state index contributed by atoms with van der Waals surface area (Å²) in [5.41, 5.74) is 3.48. The summed E-state index contributed by atoms with van der Waals surface area (Å²) in [5, 5.41) is 9.41. The van der Waals surface area contributed by atoms with Crippen LogP contribution < -0.4 is 10.9 Å². The van der Waals surface area contributed by atoms with E-state index in [1.807, 2.05) is 67.0 Å². The van der Waals surface area contributed by atoms with Gasteiger partial charge in [-0.15, -0.1) is 11.3 Å². The molecule has 1 N–H and O–H groups in total. The minimum absolute atomic E-state index is 0.199. The summed E-state index contributed by atoms with van der Waals surface area (Å²) < 4.78 is 4.23. The molecule has 1 atom stereocenters. The Balaban J connectivity index is 1.66. The van der Waals surface area contributed by atoms with Crippen LogP contribution >= 0.6 is 11.3 Å². The molecule has 0 aliphatic heterocycles. The van der Waals surface area contributed by atoms with Crippen LogP contribution in [-0.4, -0.2) is 20.1 Å². The van der Waals surface area contributed by atoms with Gasteiger partial charge in [0.25, 0.3) is 5.56 Å². The molecule has 4 aromatic rings. The van der Waals surface area contributed by atoms with E-state index in [0.717, 1.165) is 15.8 Å². The third-order valence-electron chi connectivity index (χ3n) is 5.00. The van der Waals surface area contributed by atoms with Crippen LogP contribution in [0, 0.1) is 13.8 Å². The molecule has 0 fully saturated rings. The van der Waals surface area contributed by atoms with E-state index in [0.29, 0.717) is 24.3 Å². The van der Waals surface area contributed by atoms with E-state index in [4.69, 9.17) is 0 Å². The molecule has 1 amide bonds. The normalized spacial score (nSPS) is 12.5. The molecular formula is C21H22N4O2S. The highest BCUT2D eigenvalue weighted by atomic mass is 32.1. The molecule has 4 rings (SSSR count). The van der Waals surface area contributed by atoms with E-state index in [9.17, 15) is 9.59 Å². The zero-order valence-electron chi connectivity index (χ0n) is 16.1. The standard InChI is InChI=1S/C21H22N4O2S/c1-4-16(20(26)22-12-15-7-5-13(2)6-8-15)25-21(27)18-11-19-17(9-10-28-19)24(18)14(3)23-25/h5-11,16H,4,12H2,1-3H3,(H,22,26)/t16-/m1/s1. The summed E-state index contributed by atoms with van der Waals surface area (Å²) >= 11 is 1.59. The van der Waals surface area contributed by atoms with Crippen molar-refractivity contribution in [1.82, 2.24) is 19.5 Å². The van der Waals surface area contributed by atoms with E-state index < -0.39 is 6.04 Å². The second kappa shape index (κ2) is 7.24. The topological polar surface area (TPSA) is 68.4 Å². The van der Waals surface area contributed by atoms with Crippen LogP contribution in [0.3, 0.4) is 0 Å². The summed E-state index contributed by atoms with van der Waals surface area (Å²) in [6.07, 6.45) is 0.483. The first-order valence-electron chi connectivity index (χ1n) is 9.31. The molecule has 144 valence electrons. The van der Waals surface area contributed by atoms with Gasteiger partial charge in [0, 0.05) is 6.54 Å². The second-order valence-corrected chi connectivity index (χ2v) is 7.91. The van der Waals surface area contributed by atoms with Gasteiger partial charge in [0.15, 0.2) is 0 Å². The lowest BCUT2D eigenvalue weighted by molar-refractivity contribution is -0.125. The van der Waals surface area contributed by atoms with Crippen molar-refractivity contribution in [1.29, 1.82) is 0 Å². The molecule has 1 aromatic carbocycles. The largest absolute Gasteiger partial charge is 0.350 e. The fourth-order valence-electron chi connectivity index (χ4n) is 3.49. The summed E-state index contributed by atoms with van der Waals surface area (Å²) in [6, 6.07) is 11.2. The van der Waals surface area contributed by atoms with Crippen LogP contribution in [0.5, 0.6) is 0 Å². The Bertz CT molecular complexity index is 1220. The van der Waals surface area contributed by atoms with E-state index in [2.05, 4.69) is 10.4 Å². The molecule has 0 radical (unpaired) electrons. The highest BCUT2D eigenvalue weighted by Gasteiger charge is 2.23. The maximum Gasteiger partial charge on any atom is 0.291 e. The average Bonchev–Trinajstić information content (AvgIpc) is 3.27. The summed E-state index contributed by atoms with van der Waals surface area (Å²) in [4.78, 5) is 25.9. The van der Waals surface area contributed by atoms with Crippen molar-refractivity contribution in [3.8, 4) is 0 Å². The Kier molecular flexibility index (Phi) is 4.77. The van der Waals surface area contributed by atoms with Crippen molar-refractivity contribution in [2.24, 2.45) is 0 Å². The maximum atomic E-state index is 13.1. The summed E-state index contributed by atoms with van der Waals surface area (Å²) in [5.74, 6) is 0.488. The van der Waals surface area contributed by atoms with Gasteiger partial charge >= 0.3 is 0 Å². The number of fused-ring (bicyclic) bond motifs is 3. The van der Waals surface area contributed by atoms with Gasteiger partial charge < -0.3 is 5.32 Å². The fourth-order valence-corrected chi connectivity index (χ4v) is 4.29. The number of hydrogen-bond acceptors (Lipinski definition) is 4. The molecule has 0 unspecified atom stereocenters. The van der Waals surface area contributed by atoms with Crippen LogP contribution in [0.4, 0.5) is 0 Å². The van der Waals surface area contributed by atoms with Crippen molar-refractivity contribution in [3.05, 3.63) is 69.1 Å². The lowest BCUT2D eigenvalue weighted by atomic mass is 10.1. The van der Waals surface area contributed by atoms with Crippen molar-refractivity contribution < 1.29 is 4.79 Å². The van der Waals surface area contributed by atoms with E-state index in [1.54, 1.807) is 11.3 Å². The number of nitrogens with one attached hydrogen (secondary N) is 1. The molecular weight excluding hydrogens is 372 g/mol. The third kappa shape index (κ3) is 3.11. The second-order valence-electron chi connectivity index (χ2n) is 6.96. The molecule has 0 spiro atoms. The number of thiophene rings is 1. The minimum atomic E-state index is -0.644. The number of amides is 1. The molecule has 0 aliphatic carbocycles. The SMILES string of the molecule is CC[C@H](C(=O)NCc1ccc(C)cc1)n1nc(C)n2c(cc3sccc32)c1=O. The average molecular weight is 395 g/mol. The smallest absolute Gasteiger partial charge is 0.291 e. The number of hydrogen-bond donors (Lipinski definition) is 1. The Morgan fingerprint density at radius 3 is 2.64 bits per heavy atom. The zero-order valence-corrected chi connectivity index (χ0v) is 16.9. The molecule has 3 aromatic heterocycles. The summed E-state index contributed by atoms with van der Waals surface area (Å²) in [7, 11) is 0. The first kappa shape index (κ1) is 18.4. The summed E-state index contributed by atoms with van der Waals surface area (Å²) in [6.45, 7) is 6.20. The van der Waals surface area contributed by atoms with Gasteiger partial charge in [0.05, 0.1) is 10.2 Å². The number of carbonyl (C=O) groups is 1. The van der Waals surface area contributed by atoms with Crippen LogP contribution in [-0.2, 0) is 11.3 Å². The van der Waals surface area contributed by atoms with Crippen LogP contribution in [0.2, 0.25) is 0 Å². The first-order chi connectivity index (χ1) is 13.5. The van der Waals surface area contributed by atoms with Gasteiger partial charge in [0.2, 0.25) is 5.91 Å². The van der Waals surface area contributed by atoms with Crippen molar-refractivity contribution >= 4 is 33.0 Å². The van der Waals surface area contributed by atoms with Gasteiger partial charge in [-0.1, -0.05) is 36.8 Å². The maximum absolute atomic E-state index is 13.1. The molecule has 28 heavy (non-hydrogen) atoms. The lowest BCUT2D eigenvalue weighted by Gasteiger charge is -2.18. The zero-order chi connectivity index (χ0) is 19.8. The van der Waals surface area contributed by atoms with Crippen molar-refractivity contribution in [2.45, 2.75) is 39.8 Å². The quantitative estimate of drug-likeness (QED) is 0.562. The van der Waals surface area contributed by atoms with Gasteiger partial charge in [-0.3, -0.25) is 14.0 Å². The monoisotopic (exact) mass is 394 g/mol. The van der Waals surface area contributed by atoms with E-state index in [1.165, 1.54) is 10.2 Å². The Labute approximate surface area is 166 Å². The van der Waals surface area contributed by atoms with Gasteiger partial charge in [0.1, 0.15) is 17.4 Å². The molecule has 6 nitrogen and oxygen atoms in total. The molecule has 0 saturated heterocycles. The number of aryl methyl sites for hydroxylation is 2. The highest BCUT2D eigenvalue weighted by molar-refractivity contribution is 7.17. The molecule has 0 saturated carbocycles. The Morgan fingerprint density at radius 1 is 1.18 bits per heavy atom. The molecule has 0 aliphatic rings. The van der Waals surface area contributed by atoms with Gasteiger partial charge in [-0.05, 0) is 43.3 Å². The number of benzene rings is 1. The van der Waals surface area contributed by atoms with Crippen LogP contribution in [0.1, 0.15) is 36.3 Å². The Morgan fingerprint density at radius 2 is 1.93 bits per heavy atom. The van der Waals surface area contributed by atoms with Gasteiger partial charge in [-0.2, -0.15) is 5.10 Å². The molecule has 7 heteroatoms. The number of carbonyl (C=O) groups excluding carboxylic acids is 1. The fraction of sp³-hybridized carbons (Fsp3) is 0.286. The van der Waals surface area contributed by atoms with Crippen LogP contribution in [0.15, 0.2) is 46.6 Å². The van der Waals surface area contributed by atoms with Crippen molar-refractivity contribution in [3.63, 3.8) is 0 Å². The minimum Gasteiger partial charge on any atom is -0.350 e. The van der Waals surface area contributed by atoms with Gasteiger partial charge in [-0.25, -0.2) is 4.68 Å². The van der Waals surface area contributed by atoms with E-state index in [-0.39, 0.29) is 11.5 Å².